The van der Waals surface area contributed by atoms with E-state index in [1.54, 1.807) is 17.1 Å². The number of aryl methyl sites for hydroxylation is 1. The highest BCUT2D eigenvalue weighted by Gasteiger charge is 2.51. The van der Waals surface area contributed by atoms with Crippen LogP contribution in [0.2, 0.25) is 0 Å². The Hall–Kier alpha value is -4.26. The lowest BCUT2D eigenvalue weighted by Gasteiger charge is -2.12. The van der Waals surface area contributed by atoms with E-state index < -0.39 is 11.4 Å². The number of hydrogen-bond donors (Lipinski definition) is 2. The average Bonchev–Trinajstić information content (AvgIpc) is 3.59. The number of hydrogen-bond acceptors (Lipinski definition) is 5. The molecule has 2 heterocycles. The molecule has 2 aromatic heterocycles. The molecule has 1 saturated carbocycles. The summed E-state index contributed by atoms with van der Waals surface area (Å²) in [5.74, 6) is 0.746. The average molecular weight is 466 g/mol. The largest absolute Gasteiger partial charge is 0.481 e. The van der Waals surface area contributed by atoms with Crippen molar-refractivity contribution in [2.24, 2.45) is 7.05 Å². The Kier molecular flexibility index (Phi) is 5.68. The van der Waals surface area contributed by atoms with Gasteiger partial charge in [-0.1, -0.05) is 54.1 Å². The standard InChI is InChI=1S/C28H27N5O2/c1-18(2)14-23-15-29-17-25(31-23)32-26-24(16-30-33(26)3)21-6-4-19(5-7-21)20-8-10-22(11-9-20)28(12-13-28)27(34)35/h4-11,14-17H,12-13H2,1-3H3,(H,31,32)(H,34,35). The number of benzene rings is 2. The van der Waals surface area contributed by atoms with Crippen LogP contribution in [0.4, 0.5) is 11.6 Å². The Labute approximate surface area is 204 Å². The molecule has 1 fully saturated rings. The molecule has 4 aromatic rings. The number of carbonyl (C=O) groups is 1. The fourth-order valence-corrected chi connectivity index (χ4v) is 4.30. The van der Waals surface area contributed by atoms with Gasteiger partial charge >= 0.3 is 5.97 Å². The predicted octanol–water partition coefficient (Wildman–Crippen LogP) is 5.83. The van der Waals surface area contributed by atoms with Gasteiger partial charge in [0.15, 0.2) is 5.82 Å². The Morgan fingerprint density at radius 3 is 2.20 bits per heavy atom. The first-order chi connectivity index (χ1) is 16.9. The van der Waals surface area contributed by atoms with Gasteiger partial charge in [0, 0.05) is 12.6 Å². The van der Waals surface area contributed by atoms with E-state index in [9.17, 15) is 9.90 Å². The summed E-state index contributed by atoms with van der Waals surface area (Å²) in [5, 5.41) is 17.3. The molecule has 5 rings (SSSR count). The van der Waals surface area contributed by atoms with Crippen LogP contribution < -0.4 is 5.32 Å². The number of nitrogens with zero attached hydrogens (tertiary/aromatic N) is 4. The second kappa shape index (κ2) is 8.83. The zero-order valence-corrected chi connectivity index (χ0v) is 20.0. The minimum Gasteiger partial charge on any atom is -0.481 e. The van der Waals surface area contributed by atoms with Gasteiger partial charge < -0.3 is 10.4 Å². The quantitative estimate of drug-likeness (QED) is 0.357. The third kappa shape index (κ3) is 4.45. The maximum Gasteiger partial charge on any atom is 0.314 e. The Balaban J connectivity index is 1.38. The summed E-state index contributed by atoms with van der Waals surface area (Å²) in [6.45, 7) is 4.05. The highest BCUT2D eigenvalue weighted by atomic mass is 16.4. The van der Waals surface area contributed by atoms with Crippen LogP contribution in [0.1, 0.15) is 37.9 Å². The lowest BCUT2D eigenvalue weighted by atomic mass is 9.93. The van der Waals surface area contributed by atoms with Gasteiger partial charge in [0.1, 0.15) is 5.82 Å². The molecular formula is C28H27N5O2. The van der Waals surface area contributed by atoms with E-state index in [2.05, 4.69) is 44.6 Å². The normalized spacial score (nSPS) is 13.8. The first-order valence-corrected chi connectivity index (χ1v) is 11.6. The van der Waals surface area contributed by atoms with Crippen molar-refractivity contribution in [1.29, 1.82) is 0 Å². The summed E-state index contributed by atoms with van der Waals surface area (Å²) in [6.07, 6.45) is 8.67. The van der Waals surface area contributed by atoms with Crippen molar-refractivity contribution in [3.63, 3.8) is 0 Å². The van der Waals surface area contributed by atoms with Gasteiger partial charge in [0.25, 0.3) is 0 Å². The van der Waals surface area contributed by atoms with Crippen LogP contribution in [-0.4, -0.2) is 30.8 Å². The predicted molar refractivity (Wildman–Crippen MR) is 137 cm³/mol. The molecule has 0 aliphatic heterocycles. The van der Waals surface area contributed by atoms with Crippen molar-refractivity contribution < 1.29 is 9.90 Å². The van der Waals surface area contributed by atoms with Crippen molar-refractivity contribution in [1.82, 2.24) is 19.7 Å². The summed E-state index contributed by atoms with van der Waals surface area (Å²) in [7, 11) is 1.89. The molecule has 2 aromatic carbocycles. The van der Waals surface area contributed by atoms with Gasteiger partial charge in [-0.2, -0.15) is 5.10 Å². The highest BCUT2D eigenvalue weighted by Crippen LogP contribution is 2.48. The molecule has 0 bridgehead atoms. The molecule has 35 heavy (non-hydrogen) atoms. The monoisotopic (exact) mass is 465 g/mol. The van der Waals surface area contributed by atoms with Gasteiger partial charge in [-0.3, -0.25) is 14.5 Å². The molecule has 0 atom stereocenters. The Morgan fingerprint density at radius 2 is 1.60 bits per heavy atom. The SMILES string of the molecule is CC(C)=Cc1cncc(Nc2c(-c3ccc(-c4ccc(C5(C(=O)O)CC5)cc4)cc3)cnn2C)n1. The second-order valence-corrected chi connectivity index (χ2v) is 9.25. The number of aliphatic carboxylic acids is 1. The second-order valence-electron chi connectivity index (χ2n) is 9.25. The van der Waals surface area contributed by atoms with Crippen LogP contribution in [0, 0.1) is 0 Å². The zero-order valence-electron chi connectivity index (χ0n) is 20.0. The molecule has 2 N–H and O–H groups in total. The van der Waals surface area contributed by atoms with Gasteiger partial charge in [-0.25, -0.2) is 4.98 Å². The van der Waals surface area contributed by atoms with E-state index in [0.29, 0.717) is 18.7 Å². The fourth-order valence-electron chi connectivity index (χ4n) is 4.30. The van der Waals surface area contributed by atoms with Crippen LogP contribution in [0.15, 0.2) is 72.7 Å². The third-order valence-electron chi connectivity index (χ3n) is 6.40. The number of carboxylic acid groups (broad SMARTS) is 1. The molecular weight excluding hydrogens is 438 g/mol. The summed E-state index contributed by atoms with van der Waals surface area (Å²) in [5.41, 5.74) is 6.26. The van der Waals surface area contributed by atoms with E-state index in [-0.39, 0.29) is 0 Å². The van der Waals surface area contributed by atoms with Crippen molar-refractivity contribution in [3.05, 3.63) is 84.0 Å². The molecule has 0 spiro atoms. The van der Waals surface area contributed by atoms with E-state index >= 15 is 0 Å². The van der Waals surface area contributed by atoms with Crippen LogP contribution in [0.25, 0.3) is 28.3 Å². The number of nitrogens with one attached hydrogen (secondary N) is 1. The number of carboxylic acids is 1. The van der Waals surface area contributed by atoms with Gasteiger partial charge in [-0.05, 0) is 55.0 Å². The Morgan fingerprint density at radius 1 is 0.971 bits per heavy atom. The van der Waals surface area contributed by atoms with E-state index in [4.69, 9.17) is 0 Å². The Bertz CT molecular complexity index is 1410. The van der Waals surface area contributed by atoms with E-state index in [0.717, 1.165) is 44.9 Å². The molecule has 0 unspecified atom stereocenters. The van der Waals surface area contributed by atoms with Gasteiger partial charge in [0.05, 0.1) is 29.7 Å². The maximum absolute atomic E-state index is 11.6. The van der Waals surface area contributed by atoms with Crippen molar-refractivity contribution in [2.75, 3.05) is 5.32 Å². The molecule has 1 aliphatic carbocycles. The highest BCUT2D eigenvalue weighted by molar-refractivity contribution is 5.85. The smallest absolute Gasteiger partial charge is 0.314 e. The zero-order chi connectivity index (χ0) is 24.6. The lowest BCUT2D eigenvalue weighted by molar-refractivity contribution is -0.140. The van der Waals surface area contributed by atoms with Crippen LogP contribution >= 0.6 is 0 Å². The number of aromatic nitrogens is 4. The van der Waals surface area contributed by atoms with Gasteiger partial charge in [0.2, 0.25) is 0 Å². The van der Waals surface area contributed by atoms with Crippen molar-refractivity contribution in [3.8, 4) is 22.3 Å². The summed E-state index contributed by atoms with van der Waals surface area (Å²) < 4.78 is 1.79. The van der Waals surface area contributed by atoms with E-state index in [1.165, 1.54) is 0 Å². The molecule has 1 aliphatic rings. The summed E-state index contributed by atoms with van der Waals surface area (Å²) in [4.78, 5) is 20.5. The van der Waals surface area contributed by atoms with Crippen LogP contribution in [0.5, 0.6) is 0 Å². The summed E-state index contributed by atoms with van der Waals surface area (Å²) in [6, 6.07) is 16.2. The molecule has 7 heteroatoms. The fraction of sp³-hybridized carbons (Fsp3) is 0.214. The summed E-state index contributed by atoms with van der Waals surface area (Å²) >= 11 is 0. The minimum atomic E-state index is -0.731. The van der Waals surface area contributed by atoms with Gasteiger partial charge in [-0.15, -0.1) is 0 Å². The number of allylic oxidation sites excluding steroid dienone is 1. The van der Waals surface area contributed by atoms with Crippen LogP contribution in [0.3, 0.4) is 0 Å². The molecule has 0 radical (unpaired) electrons. The molecule has 0 amide bonds. The molecule has 176 valence electrons. The van der Waals surface area contributed by atoms with Crippen LogP contribution in [-0.2, 0) is 17.3 Å². The maximum atomic E-state index is 11.6. The number of anilines is 2. The van der Waals surface area contributed by atoms with Crippen molar-refractivity contribution in [2.45, 2.75) is 32.1 Å². The van der Waals surface area contributed by atoms with Crippen molar-refractivity contribution >= 4 is 23.7 Å². The lowest BCUT2D eigenvalue weighted by Crippen LogP contribution is -2.19. The molecule has 0 saturated heterocycles. The first-order valence-electron chi connectivity index (χ1n) is 11.6. The minimum absolute atomic E-state index is 0.649. The third-order valence-corrected chi connectivity index (χ3v) is 6.40. The van der Waals surface area contributed by atoms with E-state index in [1.807, 2.05) is 57.4 Å². The first kappa shape index (κ1) is 22.5. The number of rotatable bonds is 7. The topological polar surface area (TPSA) is 92.9 Å². The molecule has 7 nitrogen and oxygen atoms in total.